The van der Waals surface area contributed by atoms with E-state index in [1.807, 2.05) is 31.2 Å². The minimum atomic E-state index is -0.490. The van der Waals surface area contributed by atoms with Crippen LogP contribution in [0.5, 0.6) is 0 Å². The predicted molar refractivity (Wildman–Crippen MR) is 91.1 cm³/mol. The Balaban J connectivity index is 1.57. The van der Waals surface area contributed by atoms with Crippen molar-refractivity contribution < 1.29 is 14.3 Å². The third kappa shape index (κ3) is 3.80. The fraction of sp³-hybridized carbons (Fsp3) is 0.316. The predicted octanol–water partition coefficient (Wildman–Crippen LogP) is 2.79. The highest BCUT2D eigenvalue weighted by molar-refractivity contribution is 5.91. The van der Waals surface area contributed by atoms with Gasteiger partial charge in [0.25, 0.3) is 0 Å². The molecule has 4 nitrogen and oxygen atoms in total. The molecule has 0 radical (unpaired) electrons. The Bertz CT molecular complexity index is 735. The van der Waals surface area contributed by atoms with E-state index in [0.717, 1.165) is 11.1 Å². The number of aliphatic hydroxyl groups excluding tert-OH is 1. The smallest absolute Gasteiger partial charge is 0.225 e. The van der Waals surface area contributed by atoms with Crippen LogP contribution in [0.15, 0.2) is 48.5 Å². The van der Waals surface area contributed by atoms with Gasteiger partial charge < -0.3 is 15.7 Å². The van der Waals surface area contributed by atoms with Gasteiger partial charge in [-0.1, -0.05) is 30.3 Å². The van der Waals surface area contributed by atoms with Crippen molar-refractivity contribution in [1.29, 1.82) is 0 Å². The number of carbonyl (C=O) groups is 1. The van der Waals surface area contributed by atoms with E-state index in [4.69, 9.17) is 0 Å². The molecule has 0 heterocycles. The summed E-state index contributed by atoms with van der Waals surface area (Å²) in [5.41, 5.74) is 2.67. The Morgan fingerprint density at radius 1 is 1.29 bits per heavy atom. The van der Waals surface area contributed by atoms with Crippen molar-refractivity contribution in [3.63, 3.8) is 0 Å². The van der Waals surface area contributed by atoms with Gasteiger partial charge in [0.2, 0.25) is 5.91 Å². The first-order valence-electron chi connectivity index (χ1n) is 8.10. The van der Waals surface area contributed by atoms with Crippen molar-refractivity contribution in [2.24, 2.45) is 0 Å². The first-order chi connectivity index (χ1) is 11.5. The summed E-state index contributed by atoms with van der Waals surface area (Å²) in [4.78, 5) is 12.1. The molecular formula is C19H21FN2O2. The average molecular weight is 328 g/mol. The van der Waals surface area contributed by atoms with Gasteiger partial charge in [-0.3, -0.25) is 4.79 Å². The third-order valence-electron chi connectivity index (χ3n) is 4.27. The van der Waals surface area contributed by atoms with E-state index in [9.17, 15) is 14.3 Å². The van der Waals surface area contributed by atoms with E-state index < -0.39 is 6.10 Å². The highest BCUT2D eigenvalue weighted by Crippen LogP contribution is 2.31. The normalized spacial score (nSPS) is 20.5. The molecule has 0 saturated carbocycles. The van der Waals surface area contributed by atoms with Gasteiger partial charge in [-0.2, -0.15) is 0 Å². The SMILES string of the molecule is CC(CC(=O)Nc1cccc(F)c1)N[C@@H]1c2ccccc2C[C@@H]1O. The molecule has 0 spiro atoms. The average Bonchev–Trinajstić information content (AvgIpc) is 2.83. The van der Waals surface area contributed by atoms with Crippen LogP contribution in [0.3, 0.4) is 0 Å². The van der Waals surface area contributed by atoms with Crippen LogP contribution in [0, 0.1) is 5.82 Å². The van der Waals surface area contributed by atoms with Gasteiger partial charge in [0, 0.05) is 24.6 Å². The molecule has 2 aromatic rings. The van der Waals surface area contributed by atoms with E-state index in [-0.39, 0.29) is 30.2 Å². The van der Waals surface area contributed by atoms with E-state index >= 15 is 0 Å². The molecule has 3 N–H and O–H groups in total. The minimum Gasteiger partial charge on any atom is -0.391 e. The van der Waals surface area contributed by atoms with E-state index in [2.05, 4.69) is 10.6 Å². The Hall–Kier alpha value is -2.24. The molecule has 1 unspecified atom stereocenters. The van der Waals surface area contributed by atoms with Crippen molar-refractivity contribution >= 4 is 11.6 Å². The molecule has 3 rings (SSSR count). The van der Waals surface area contributed by atoms with Gasteiger partial charge in [0.1, 0.15) is 5.82 Å². The van der Waals surface area contributed by atoms with Crippen molar-refractivity contribution in [1.82, 2.24) is 5.32 Å². The maximum atomic E-state index is 13.1. The van der Waals surface area contributed by atoms with Gasteiger partial charge in [-0.25, -0.2) is 4.39 Å². The van der Waals surface area contributed by atoms with Crippen LogP contribution in [0.4, 0.5) is 10.1 Å². The van der Waals surface area contributed by atoms with Gasteiger partial charge in [-0.05, 0) is 36.2 Å². The fourth-order valence-corrected chi connectivity index (χ4v) is 3.20. The standard InChI is InChI=1S/C19H21FN2O2/c1-12(9-18(24)22-15-7-4-6-14(20)11-15)21-19-16-8-3-2-5-13(16)10-17(19)23/h2-8,11-12,17,19,21,23H,9-10H2,1H3,(H,22,24)/t12?,17-,19+/m0/s1. The lowest BCUT2D eigenvalue weighted by molar-refractivity contribution is -0.116. The number of fused-ring (bicyclic) bond motifs is 1. The van der Waals surface area contributed by atoms with E-state index in [1.54, 1.807) is 12.1 Å². The Kier molecular flexibility index (Phi) is 4.92. The molecule has 0 bridgehead atoms. The number of hydrogen-bond acceptors (Lipinski definition) is 3. The Labute approximate surface area is 140 Å². The van der Waals surface area contributed by atoms with Crippen molar-refractivity contribution in [3.05, 3.63) is 65.5 Å². The maximum absolute atomic E-state index is 13.1. The monoisotopic (exact) mass is 328 g/mol. The summed E-state index contributed by atoms with van der Waals surface area (Å²) in [6.45, 7) is 1.90. The number of amides is 1. The van der Waals surface area contributed by atoms with Crippen LogP contribution in [-0.4, -0.2) is 23.2 Å². The Morgan fingerprint density at radius 3 is 2.88 bits per heavy atom. The first-order valence-corrected chi connectivity index (χ1v) is 8.10. The molecule has 2 aromatic carbocycles. The summed E-state index contributed by atoms with van der Waals surface area (Å²) in [5, 5.41) is 16.3. The summed E-state index contributed by atoms with van der Waals surface area (Å²) in [6, 6.07) is 13.5. The molecule has 0 fully saturated rings. The molecular weight excluding hydrogens is 307 g/mol. The first kappa shape index (κ1) is 16.6. The fourth-order valence-electron chi connectivity index (χ4n) is 3.20. The van der Waals surface area contributed by atoms with Crippen LogP contribution in [0.25, 0.3) is 0 Å². The lowest BCUT2D eigenvalue weighted by Gasteiger charge is -2.23. The number of anilines is 1. The van der Waals surface area contributed by atoms with Crippen LogP contribution in [0.2, 0.25) is 0 Å². The zero-order chi connectivity index (χ0) is 17.1. The number of hydrogen-bond donors (Lipinski definition) is 3. The molecule has 126 valence electrons. The molecule has 0 aliphatic heterocycles. The summed E-state index contributed by atoms with van der Waals surface area (Å²) in [5.74, 6) is -0.578. The highest BCUT2D eigenvalue weighted by Gasteiger charge is 2.31. The van der Waals surface area contributed by atoms with E-state index in [0.29, 0.717) is 12.1 Å². The molecule has 5 heteroatoms. The van der Waals surface area contributed by atoms with Gasteiger partial charge in [0.05, 0.1) is 12.1 Å². The van der Waals surface area contributed by atoms with Crippen LogP contribution in [-0.2, 0) is 11.2 Å². The zero-order valence-electron chi connectivity index (χ0n) is 13.5. The number of carbonyl (C=O) groups excluding carboxylic acids is 1. The lowest BCUT2D eigenvalue weighted by atomic mass is 10.1. The van der Waals surface area contributed by atoms with Gasteiger partial charge in [-0.15, -0.1) is 0 Å². The van der Waals surface area contributed by atoms with E-state index in [1.165, 1.54) is 12.1 Å². The molecule has 0 saturated heterocycles. The quantitative estimate of drug-likeness (QED) is 0.791. The third-order valence-corrected chi connectivity index (χ3v) is 4.27. The Morgan fingerprint density at radius 2 is 2.08 bits per heavy atom. The summed E-state index contributed by atoms with van der Waals surface area (Å²) in [6.07, 6.45) is 0.369. The number of aliphatic hydroxyl groups is 1. The largest absolute Gasteiger partial charge is 0.391 e. The summed E-state index contributed by atoms with van der Waals surface area (Å²) in [7, 11) is 0. The van der Waals surface area contributed by atoms with Crippen LogP contribution < -0.4 is 10.6 Å². The second-order valence-corrected chi connectivity index (χ2v) is 6.28. The number of halogens is 1. The highest BCUT2D eigenvalue weighted by atomic mass is 19.1. The van der Waals surface area contributed by atoms with Crippen molar-refractivity contribution in [2.45, 2.75) is 38.0 Å². The van der Waals surface area contributed by atoms with Crippen molar-refractivity contribution in [2.75, 3.05) is 5.32 Å². The van der Waals surface area contributed by atoms with Gasteiger partial charge >= 0.3 is 0 Å². The summed E-state index contributed by atoms with van der Waals surface area (Å²) >= 11 is 0. The molecule has 3 atom stereocenters. The maximum Gasteiger partial charge on any atom is 0.225 e. The molecule has 1 aliphatic carbocycles. The summed E-state index contributed by atoms with van der Waals surface area (Å²) < 4.78 is 13.1. The molecule has 1 aliphatic rings. The van der Waals surface area contributed by atoms with Crippen LogP contribution >= 0.6 is 0 Å². The lowest BCUT2D eigenvalue weighted by Crippen LogP contribution is -2.37. The molecule has 0 aromatic heterocycles. The van der Waals surface area contributed by atoms with Gasteiger partial charge in [0.15, 0.2) is 0 Å². The molecule has 24 heavy (non-hydrogen) atoms. The minimum absolute atomic E-state index is 0.121. The van der Waals surface area contributed by atoms with Crippen molar-refractivity contribution in [3.8, 4) is 0 Å². The number of nitrogens with one attached hydrogen (secondary N) is 2. The second kappa shape index (κ2) is 7.11. The topological polar surface area (TPSA) is 61.4 Å². The number of benzene rings is 2. The number of rotatable bonds is 5. The molecule has 1 amide bonds. The van der Waals surface area contributed by atoms with Crippen LogP contribution in [0.1, 0.15) is 30.5 Å². The zero-order valence-corrected chi connectivity index (χ0v) is 13.5. The second-order valence-electron chi connectivity index (χ2n) is 6.28.